The zero-order chi connectivity index (χ0) is 13.2. The van der Waals surface area contributed by atoms with Gasteiger partial charge in [-0.1, -0.05) is 25.7 Å². The van der Waals surface area contributed by atoms with E-state index < -0.39 is 17.5 Å². The van der Waals surface area contributed by atoms with Crippen LogP contribution in [-0.2, 0) is 9.59 Å². The first-order valence-electron chi connectivity index (χ1n) is 6.73. The minimum atomic E-state index is -0.918. The second-order valence-corrected chi connectivity index (χ2v) is 5.65. The van der Waals surface area contributed by atoms with Crippen molar-refractivity contribution in [1.82, 2.24) is 4.90 Å². The maximum Gasteiger partial charge on any atom is 0.308 e. The number of aliphatic carboxylic acids is 1. The molecule has 18 heavy (non-hydrogen) atoms. The molecule has 102 valence electrons. The quantitative estimate of drug-likeness (QED) is 0.738. The van der Waals surface area contributed by atoms with Crippen LogP contribution in [0.1, 0.15) is 44.9 Å². The van der Waals surface area contributed by atoms with Gasteiger partial charge in [0, 0.05) is 19.5 Å². The van der Waals surface area contributed by atoms with Crippen molar-refractivity contribution in [2.24, 2.45) is 5.92 Å². The fourth-order valence-corrected chi connectivity index (χ4v) is 2.99. The van der Waals surface area contributed by atoms with Crippen LogP contribution in [0.4, 0.5) is 0 Å². The first kappa shape index (κ1) is 13.3. The van der Waals surface area contributed by atoms with Gasteiger partial charge < -0.3 is 15.1 Å². The number of rotatable bonds is 3. The largest absolute Gasteiger partial charge is 0.481 e. The monoisotopic (exact) mass is 255 g/mol. The van der Waals surface area contributed by atoms with Gasteiger partial charge in [-0.15, -0.1) is 0 Å². The summed E-state index contributed by atoms with van der Waals surface area (Å²) in [5.74, 6) is -1.66. The normalized spacial score (nSPS) is 28.2. The van der Waals surface area contributed by atoms with Gasteiger partial charge in [0.2, 0.25) is 5.91 Å². The van der Waals surface area contributed by atoms with Gasteiger partial charge in [0.15, 0.2) is 0 Å². The zero-order valence-corrected chi connectivity index (χ0v) is 10.6. The molecule has 2 aliphatic rings. The maximum atomic E-state index is 11.7. The summed E-state index contributed by atoms with van der Waals surface area (Å²) in [6, 6.07) is 0. The van der Waals surface area contributed by atoms with Gasteiger partial charge in [0.1, 0.15) is 0 Å². The fourth-order valence-electron chi connectivity index (χ4n) is 2.99. The molecule has 1 amide bonds. The molecule has 5 nitrogen and oxygen atoms in total. The van der Waals surface area contributed by atoms with E-state index in [4.69, 9.17) is 5.11 Å². The molecule has 2 N–H and O–H groups in total. The highest BCUT2D eigenvalue weighted by atomic mass is 16.4. The third-order valence-electron chi connectivity index (χ3n) is 4.08. The van der Waals surface area contributed by atoms with Crippen molar-refractivity contribution in [3.63, 3.8) is 0 Å². The molecule has 1 heterocycles. The summed E-state index contributed by atoms with van der Waals surface area (Å²) >= 11 is 0. The lowest BCUT2D eigenvalue weighted by Crippen LogP contribution is -2.43. The van der Waals surface area contributed by atoms with E-state index in [0.717, 1.165) is 25.7 Å². The molecule has 0 aromatic carbocycles. The number of amides is 1. The maximum absolute atomic E-state index is 11.7. The first-order chi connectivity index (χ1) is 8.50. The molecule has 0 spiro atoms. The molecule has 1 aliphatic carbocycles. The Morgan fingerprint density at radius 1 is 1.28 bits per heavy atom. The molecule has 0 aromatic rings. The highest BCUT2D eigenvalue weighted by Crippen LogP contribution is 2.30. The van der Waals surface area contributed by atoms with Gasteiger partial charge in [-0.2, -0.15) is 0 Å². The van der Waals surface area contributed by atoms with Gasteiger partial charge in [0.05, 0.1) is 11.5 Å². The van der Waals surface area contributed by atoms with Crippen LogP contribution in [0.5, 0.6) is 0 Å². The Hall–Kier alpha value is -1.10. The lowest BCUT2D eigenvalue weighted by atomic mass is 9.94. The molecule has 1 saturated carbocycles. The van der Waals surface area contributed by atoms with Gasteiger partial charge in [-0.05, 0) is 12.8 Å². The summed E-state index contributed by atoms with van der Waals surface area (Å²) in [7, 11) is 0. The van der Waals surface area contributed by atoms with E-state index >= 15 is 0 Å². The highest BCUT2D eigenvalue weighted by molar-refractivity contribution is 5.86. The molecule has 0 bridgehead atoms. The Balaban J connectivity index is 1.96. The Morgan fingerprint density at radius 2 is 1.89 bits per heavy atom. The van der Waals surface area contributed by atoms with Crippen LogP contribution in [0.2, 0.25) is 0 Å². The highest BCUT2D eigenvalue weighted by Gasteiger charge is 2.39. The molecular weight excluding hydrogens is 234 g/mol. The molecule has 0 radical (unpaired) electrons. The van der Waals surface area contributed by atoms with Crippen LogP contribution in [0.15, 0.2) is 0 Å². The van der Waals surface area contributed by atoms with Crippen LogP contribution >= 0.6 is 0 Å². The Kier molecular flexibility index (Phi) is 3.90. The molecule has 1 atom stereocenters. The minimum Gasteiger partial charge on any atom is -0.481 e. The molecule has 1 aliphatic heterocycles. The Labute approximate surface area is 107 Å². The van der Waals surface area contributed by atoms with Gasteiger partial charge in [-0.25, -0.2) is 0 Å². The van der Waals surface area contributed by atoms with Crippen molar-refractivity contribution in [1.29, 1.82) is 0 Å². The van der Waals surface area contributed by atoms with Crippen LogP contribution in [0, 0.1) is 5.92 Å². The van der Waals surface area contributed by atoms with Crippen molar-refractivity contribution in [2.45, 2.75) is 50.5 Å². The van der Waals surface area contributed by atoms with E-state index in [1.165, 1.54) is 4.90 Å². The number of nitrogens with zero attached hydrogens (tertiary/aromatic N) is 1. The number of carboxylic acids is 1. The van der Waals surface area contributed by atoms with Crippen LogP contribution in [0.25, 0.3) is 0 Å². The molecule has 1 saturated heterocycles. The number of carbonyl (C=O) groups excluding carboxylic acids is 1. The number of carboxylic acid groups (broad SMARTS) is 1. The minimum absolute atomic E-state index is 0.0748. The standard InChI is InChI=1S/C13H21NO4/c15-11-7-10(12(16)17)8-14(11)9-13(18)5-3-1-2-4-6-13/h10,18H,1-9H2,(H,16,17). The lowest BCUT2D eigenvalue weighted by molar-refractivity contribution is -0.141. The number of hydrogen-bond donors (Lipinski definition) is 2. The number of β-amino-alcohol motifs (C(OH)–C–C–N with tert-alkyl or cyclic N) is 1. The van der Waals surface area contributed by atoms with Gasteiger partial charge in [-0.3, -0.25) is 9.59 Å². The summed E-state index contributed by atoms with van der Waals surface area (Å²) in [6.07, 6.45) is 5.75. The van der Waals surface area contributed by atoms with E-state index in [1.807, 2.05) is 0 Å². The number of aliphatic hydroxyl groups is 1. The van der Waals surface area contributed by atoms with E-state index in [9.17, 15) is 14.7 Å². The van der Waals surface area contributed by atoms with Crippen LogP contribution in [-0.4, -0.2) is 45.7 Å². The number of carbonyl (C=O) groups is 2. The molecule has 2 fully saturated rings. The molecular formula is C13H21NO4. The average molecular weight is 255 g/mol. The summed E-state index contributed by atoms with van der Waals surface area (Å²) in [6.45, 7) is 0.548. The van der Waals surface area contributed by atoms with Crippen LogP contribution < -0.4 is 0 Å². The predicted molar refractivity (Wildman–Crippen MR) is 65.0 cm³/mol. The molecule has 1 unspecified atom stereocenters. The van der Waals surface area contributed by atoms with E-state index in [-0.39, 0.29) is 18.9 Å². The summed E-state index contributed by atoms with van der Waals surface area (Å²) in [5, 5.41) is 19.4. The van der Waals surface area contributed by atoms with Crippen LogP contribution in [0.3, 0.4) is 0 Å². The SMILES string of the molecule is O=C(O)C1CC(=O)N(CC2(O)CCCCCC2)C1. The molecule has 2 rings (SSSR count). The number of likely N-dealkylation sites (tertiary alicyclic amines) is 1. The van der Waals surface area contributed by atoms with Crippen molar-refractivity contribution in [3.05, 3.63) is 0 Å². The Morgan fingerprint density at radius 3 is 2.39 bits per heavy atom. The van der Waals surface area contributed by atoms with Gasteiger partial charge >= 0.3 is 5.97 Å². The van der Waals surface area contributed by atoms with Crippen molar-refractivity contribution < 1.29 is 19.8 Å². The number of hydrogen-bond acceptors (Lipinski definition) is 3. The van der Waals surface area contributed by atoms with Crippen molar-refractivity contribution in [2.75, 3.05) is 13.1 Å². The topological polar surface area (TPSA) is 77.8 Å². The summed E-state index contributed by atoms with van der Waals surface area (Å²) in [4.78, 5) is 24.2. The fraction of sp³-hybridized carbons (Fsp3) is 0.846. The predicted octanol–water partition coefficient (Wildman–Crippen LogP) is 1.00. The Bertz CT molecular complexity index is 334. The molecule has 0 aromatic heterocycles. The first-order valence-corrected chi connectivity index (χ1v) is 6.73. The van der Waals surface area contributed by atoms with E-state index in [2.05, 4.69) is 0 Å². The summed E-state index contributed by atoms with van der Waals surface area (Å²) < 4.78 is 0. The average Bonchev–Trinajstić information content (AvgIpc) is 2.53. The smallest absolute Gasteiger partial charge is 0.308 e. The third-order valence-corrected chi connectivity index (χ3v) is 4.08. The third kappa shape index (κ3) is 3.02. The van der Waals surface area contributed by atoms with Gasteiger partial charge in [0.25, 0.3) is 0 Å². The van der Waals surface area contributed by atoms with Crippen molar-refractivity contribution in [3.8, 4) is 0 Å². The second-order valence-electron chi connectivity index (χ2n) is 5.65. The lowest BCUT2D eigenvalue weighted by Gasteiger charge is -2.31. The summed E-state index contributed by atoms with van der Waals surface area (Å²) in [5.41, 5.74) is -0.806. The molecule has 5 heteroatoms. The van der Waals surface area contributed by atoms with E-state index in [0.29, 0.717) is 19.4 Å². The van der Waals surface area contributed by atoms with E-state index in [1.54, 1.807) is 0 Å². The van der Waals surface area contributed by atoms with Crippen molar-refractivity contribution >= 4 is 11.9 Å². The second kappa shape index (κ2) is 5.26. The zero-order valence-electron chi connectivity index (χ0n) is 10.6.